The van der Waals surface area contributed by atoms with E-state index in [1.54, 1.807) is 62.0 Å². The molecule has 0 N–H and O–H groups in total. The molecular formula is C34H31F4N5O3S. The first-order valence-electron chi connectivity index (χ1n) is 14.2. The van der Waals surface area contributed by atoms with Gasteiger partial charge < -0.3 is 14.2 Å². The Morgan fingerprint density at radius 1 is 0.936 bits per heavy atom. The molecule has 13 heteroatoms. The molecule has 0 saturated carbocycles. The van der Waals surface area contributed by atoms with Gasteiger partial charge in [0.1, 0.15) is 11.6 Å². The number of rotatable bonds is 10. The smallest absolute Gasteiger partial charge is 0.316 e. The van der Waals surface area contributed by atoms with Crippen LogP contribution in [0.5, 0.6) is 6.01 Å². The summed E-state index contributed by atoms with van der Waals surface area (Å²) in [5.74, 6) is -2.68. The van der Waals surface area contributed by atoms with Crippen LogP contribution in [0.25, 0.3) is 11.1 Å². The fourth-order valence-electron chi connectivity index (χ4n) is 4.34. The number of methoxy groups -OCH3 is 1. The monoisotopic (exact) mass is 665 g/mol. The van der Waals surface area contributed by atoms with E-state index >= 15 is 0 Å². The third-order valence-corrected chi connectivity index (χ3v) is 8.04. The molecule has 1 amide bonds. The maximum Gasteiger partial charge on any atom is 0.316 e. The zero-order chi connectivity index (χ0) is 34.1. The average Bonchev–Trinajstić information content (AvgIpc) is 3.08. The second-order valence-electron chi connectivity index (χ2n) is 10.5. The van der Waals surface area contributed by atoms with Gasteiger partial charge in [-0.1, -0.05) is 48.2 Å². The molecule has 0 spiro atoms. The summed E-state index contributed by atoms with van der Waals surface area (Å²) >= 11 is 1.43. The SMILES string of the molecule is COc1ncc(Cc2cn(C)c(SCc3ccc(F)cc3)nc2=O)cn1.Cc1c(F)cc(-c2ccc(CN(C)C=O)cc2)c(F)c1F. The number of halogens is 4. The van der Waals surface area contributed by atoms with Crippen LogP contribution in [0.15, 0.2) is 83.1 Å². The van der Waals surface area contributed by atoms with Gasteiger partial charge in [0.05, 0.1) is 7.11 Å². The van der Waals surface area contributed by atoms with E-state index in [0.29, 0.717) is 41.4 Å². The van der Waals surface area contributed by atoms with Gasteiger partial charge in [-0.05, 0) is 47.4 Å². The zero-order valence-electron chi connectivity index (χ0n) is 26.0. The quantitative estimate of drug-likeness (QED) is 0.0572. The highest BCUT2D eigenvalue weighted by molar-refractivity contribution is 7.98. The predicted molar refractivity (Wildman–Crippen MR) is 171 cm³/mol. The van der Waals surface area contributed by atoms with E-state index < -0.39 is 17.5 Å². The van der Waals surface area contributed by atoms with Crippen molar-refractivity contribution >= 4 is 18.2 Å². The Morgan fingerprint density at radius 3 is 2.19 bits per heavy atom. The molecule has 244 valence electrons. The van der Waals surface area contributed by atoms with Gasteiger partial charge in [-0.2, -0.15) is 4.98 Å². The molecule has 0 fully saturated rings. The van der Waals surface area contributed by atoms with Gasteiger partial charge in [-0.25, -0.2) is 27.5 Å². The summed E-state index contributed by atoms with van der Waals surface area (Å²) in [6.07, 6.45) is 6.11. The van der Waals surface area contributed by atoms with E-state index in [0.717, 1.165) is 22.8 Å². The Hall–Kier alpha value is -5.04. The molecule has 3 aromatic carbocycles. The Bertz CT molecular complexity index is 1890. The van der Waals surface area contributed by atoms with Crippen LogP contribution in [0, 0.1) is 30.2 Å². The molecular weight excluding hydrogens is 634 g/mol. The van der Waals surface area contributed by atoms with Gasteiger partial charge in [-0.3, -0.25) is 9.59 Å². The Morgan fingerprint density at radius 2 is 1.57 bits per heavy atom. The highest BCUT2D eigenvalue weighted by atomic mass is 32.2. The van der Waals surface area contributed by atoms with Crippen molar-refractivity contribution in [2.75, 3.05) is 14.2 Å². The molecule has 0 atom stereocenters. The first-order valence-corrected chi connectivity index (χ1v) is 15.1. The van der Waals surface area contributed by atoms with E-state index in [9.17, 15) is 27.2 Å². The van der Waals surface area contributed by atoms with Crippen LogP contribution in [-0.2, 0) is 30.6 Å². The summed E-state index contributed by atoms with van der Waals surface area (Å²) < 4.78 is 60.7. The van der Waals surface area contributed by atoms with Crippen LogP contribution in [0.4, 0.5) is 17.6 Å². The van der Waals surface area contributed by atoms with Gasteiger partial charge in [-0.15, -0.1) is 0 Å². The summed E-state index contributed by atoms with van der Waals surface area (Å²) in [7, 11) is 4.97. The van der Waals surface area contributed by atoms with Crippen LogP contribution in [0.1, 0.15) is 27.8 Å². The fraction of sp³-hybridized carbons (Fsp3) is 0.206. The minimum atomic E-state index is -1.17. The molecule has 47 heavy (non-hydrogen) atoms. The number of hydrogen-bond acceptors (Lipinski definition) is 7. The number of carbonyl (C=O) groups excluding carboxylic acids is 1. The molecule has 0 unspecified atom stereocenters. The first kappa shape index (κ1) is 34.8. The standard InChI is InChI=1S/C18H17FN4O2S.C16H14F3NO/c1-23-10-14(7-13-8-20-17(25-2)21-9-13)16(24)22-18(23)26-11-12-3-5-15(19)6-4-12;1-10-14(17)7-13(16(19)15(10)18)12-5-3-11(4-6-12)8-20(2)9-21/h3-6,8-10H,7,11H2,1-2H3;3-7,9H,8H2,1-2H3. The van der Waals surface area contributed by atoms with E-state index in [1.807, 2.05) is 11.6 Å². The van der Waals surface area contributed by atoms with Crippen molar-refractivity contribution in [2.24, 2.45) is 7.05 Å². The summed E-state index contributed by atoms with van der Waals surface area (Å²) in [5.41, 5.74) is 2.81. The lowest BCUT2D eigenvalue weighted by atomic mass is 10.0. The second kappa shape index (κ2) is 16.0. The van der Waals surface area contributed by atoms with E-state index in [1.165, 1.54) is 42.8 Å². The molecule has 0 bridgehead atoms. The average molecular weight is 666 g/mol. The number of aryl methyl sites for hydroxylation is 1. The van der Waals surface area contributed by atoms with Crippen molar-refractivity contribution in [3.8, 4) is 17.1 Å². The van der Waals surface area contributed by atoms with Crippen molar-refractivity contribution in [1.29, 1.82) is 0 Å². The van der Waals surface area contributed by atoms with Gasteiger partial charge in [0.15, 0.2) is 16.8 Å². The maximum atomic E-state index is 13.9. The third-order valence-electron chi connectivity index (χ3n) is 6.93. The zero-order valence-corrected chi connectivity index (χ0v) is 26.8. The molecule has 0 aliphatic rings. The van der Waals surface area contributed by atoms with E-state index in [4.69, 9.17) is 4.74 Å². The van der Waals surface area contributed by atoms with E-state index in [-0.39, 0.29) is 28.5 Å². The van der Waals surface area contributed by atoms with Crippen LogP contribution in [0.2, 0.25) is 0 Å². The highest BCUT2D eigenvalue weighted by Crippen LogP contribution is 2.28. The van der Waals surface area contributed by atoms with Gasteiger partial charge in [0, 0.05) is 68.1 Å². The third kappa shape index (κ3) is 9.26. The number of aromatic nitrogens is 4. The predicted octanol–water partition coefficient (Wildman–Crippen LogP) is 6.27. The van der Waals surface area contributed by atoms with E-state index in [2.05, 4.69) is 15.0 Å². The number of benzene rings is 3. The molecule has 2 heterocycles. The minimum absolute atomic E-state index is 0.120. The summed E-state index contributed by atoms with van der Waals surface area (Å²) in [6, 6.07) is 14.1. The molecule has 2 aromatic heterocycles. The molecule has 0 saturated heterocycles. The van der Waals surface area contributed by atoms with Crippen molar-refractivity contribution in [2.45, 2.75) is 30.8 Å². The lowest BCUT2D eigenvalue weighted by Gasteiger charge is -2.12. The number of nitrogens with zero attached hydrogens (tertiary/aromatic N) is 5. The lowest BCUT2D eigenvalue weighted by molar-refractivity contribution is -0.117. The van der Waals surface area contributed by atoms with Gasteiger partial charge in [0.25, 0.3) is 5.56 Å². The molecule has 8 nitrogen and oxygen atoms in total. The maximum absolute atomic E-state index is 13.9. The number of thioether (sulfide) groups is 1. The van der Waals surface area contributed by atoms with Crippen molar-refractivity contribution in [3.05, 3.63) is 135 Å². The molecule has 5 rings (SSSR count). The number of carbonyl (C=O) groups is 1. The molecule has 5 aromatic rings. The Kier molecular flexibility index (Phi) is 11.8. The summed E-state index contributed by atoms with van der Waals surface area (Å²) in [5, 5.41) is 0.606. The van der Waals surface area contributed by atoms with Crippen molar-refractivity contribution in [3.63, 3.8) is 0 Å². The highest BCUT2D eigenvalue weighted by Gasteiger charge is 2.17. The Labute approximate surface area is 273 Å². The van der Waals surface area contributed by atoms with Crippen LogP contribution < -0.4 is 10.3 Å². The van der Waals surface area contributed by atoms with Crippen LogP contribution >= 0.6 is 11.8 Å². The lowest BCUT2D eigenvalue weighted by Crippen LogP contribution is -2.18. The summed E-state index contributed by atoms with van der Waals surface area (Å²) in [4.78, 5) is 36.6. The van der Waals surface area contributed by atoms with Crippen LogP contribution in [0.3, 0.4) is 0 Å². The first-order chi connectivity index (χ1) is 22.5. The van der Waals surface area contributed by atoms with Crippen LogP contribution in [-0.4, -0.2) is 45.0 Å². The van der Waals surface area contributed by atoms with Gasteiger partial charge >= 0.3 is 6.01 Å². The fourth-order valence-corrected chi connectivity index (χ4v) is 5.23. The van der Waals surface area contributed by atoms with Crippen molar-refractivity contribution in [1.82, 2.24) is 24.4 Å². The molecule has 0 aliphatic heterocycles. The molecule has 0 radical (unpaired) electrons. The minimum Gasteiger partial charge on any atom is -0.467 e. The van der Waals surface area contributed by atoms with Gasteiger partial charge in [0.2, 0.25) is 6.41 Å². The number of ether oxygens (including phenoxy) is 1. The number of amides is 1. The molecule has 0 aliphatic carbocycles. The largest absolute Gasteiger partial charge is 0.467 e. The summed E-state index contributed by atoms with van der Waals surface area (Å²) in [6.45, 7) is 1.60. The van der Waals surface area contributed by atoms with Crippen molar-refractivity contribution < 1.29 is 27.1 Å². The number of hydrogen-bond donors (Lipinski definition) is 0. The topological polar surface area (TPSA) is 90.2 Å². The normalized spacial score (nSPS) is 10.6. The Balaban J connectivity index is 0.000000218. The second-order valence-corrected chi connectivity index (χ2v) is 11.5.